The zero-order valence-electron chi connectivity index (χ0n) is 13.3. The molecule has 5 nitrogen and oxygen atoms in total. The van der Waals surface area contributed by atoms with Gasteiger partial charge < -0.3 is 15.2 Å². The highest BCUT2D eigenvalue weighted by Gasteiger charge is 2.66. The first-order valence-corrected chi connectivity index (χ1v) is 7.99. The fourth-order valence-electron chi connectivity index (χ4n) is 3.45. The second kappa shape index (κ2) is 5.95. The van der Waals surface area contributed by atoms with Crippen LogP contribution in [0.5, 0.6) is 0 Å². The monoisotopic (exact) mass is 297 g/mol. The Morgan fingerprint density at radius 3 is 2.43 bits per heavy atom. The molecule has 0 aromatic rings. The highest BCUT2D eigenvalue weighted by atomic mass is 16.5. The lowest BCUT2D eigenvalue weighted by atomic mass is 9.54. The average Bonchev–Trinajstić information content (AvgIpc) is 2.35. The van der Waals surface area contributed by atoms with E-state index in [1.807, 2.05) is 20.8 Å². The molecular formula is C16H27NO4. The molecule has 0 aromatic heterocycles. The van der Waals surface area contributed by atoms with Crippen LogP contribution in [0.4, 0.5) is 0 Å². The molecule has 2 saturated carbocycles. The summed E-state index contributed by atoms with van der Waals surface area (Å²) in [6.07, 6.45) is 5.19. The van der Waals surface area contributed by atoms with Gasteiger partial charge in [-0.15, -0.1) is 0 Å². The Labute approximate surface area is 126 Å². The fraction of sp³-hybridized carbons (Fsp3) is 0.875. The van der Waals surface area contributed by atoms with Crippen molar-refractivity contribution in [3.8, 4) is 0 Å². The number of amides is 1. The zero-order chi connectivity index (χ0) is 15.7. The van der Waals surface area contributed by atoms with Gasteiger partial charge in [0.2, 0.25) is 5.91 Å². The van der Waals surface area contributed by atoms with E-state index in [1.165, 1.54) is 19.3 Å². The van der Waals surface area contributed by atoms with Crippen LogP contribution in [0.2, 0.25) is 0 Å². The predicted octanol–water partition coefficient (Wildman–Crippen LogP) is 2.34. The molecule has 2 fully saturated rings. The van der Waals surface area contributed by atoms with Crippen molar-refractivity contribution in [1.29, 1.82) is 0 Å². The zero-order valence-corrected chi connectivity index (χ0v) is 13.3. The van der Waals surface area contributed by atoms with Crippen molar-refractivity contribution in [2.75, 3.05) is 6.61 Å². The molecule has 1 amide bonds. The van der Waals surface area contributed by atoms with E-state index in [-0.39, 0.29) is 12.0 Å². The number of carbonyl (C=O) groups excluding carboxylic acids is 1. The second-order valence-electron chi connectivity index (χ2n) is 6.96. The summed E-state index contributed by atoms with van der Waals surface area (Å²) >= 11 is 0. The van der Waals surface area contributed by atoms with Crippen molar-refractivity contribution in [3.05, 3.63) is 0 Å². The molecule has 120 valence electrons. The largest absolute Gasteiger partial charge is 0.479 e. The Kier molecular flexibility index (Phi) is 4.61. The number of ether oxygens (including phenoxy) is 1. The van der Waals surface area contributed by atoms with Crippen LogP contribution in [0.1, 0.15) is 59.3 Å². The van der Waals surface area contributed by atoms with Gasteiger partial charge in [0.05, 0.1) is 6.10 Å². The first-order chi connectivity index (χ1) is 9.83. The van der Waals surface area contributed by atoms with E-state index >= 15 is 0 Å². The van der Waals surface area contributed by atoms with Crippen LogP contribution in [0, 0.1) is 11.3 Å². The molecule has 5 heteroatoms. The van der Waals surface area contributed by atoms with E-state index < -0.39 is 16.9 Å². The molecular weight excluding hydrogens is 270 g/mol. The molecule has 0 radical (unpaired) electrons. The van der Waals surface area contributed by atoms with E-state index in [1.54, 1.807) is 0 Å². The fourth-order valence-corrected chi connectivity index (χ4v) is 3.45. The predicted molar refractivity (Wildman–Crippen MR) is 78.9 cm³/mol. The highest BCUT2D eigenvalue weighted by molar-refractivity contribution is 5.89. The van der Waals surface area contributed by atoms with E-state index in [0.717, 1.165) is 6.42 Å². The SMILES string of the molecule is CCOC1CC(NC(=O)CCC2CCC2)(C(=O)O)C1(C)C. The minimum atomic E-state index is -1.19. The van der Waals surface area contributed by atoms with Crippen molar-refractivity contribution in [2.24, 2.45) is 11.3 Å². The molecule has 0 aliphatic heterocycles. The Morgan fingerprint density at radius 2 is 2.00 bits per heavy atom. The van der Waals surface area contributed by atoms with Gasteiger partial charge >= 0.3 is 5.97 Å². The van der Waals surface area contributed by atoms with E-state index in [2.05, 4.69) is 5.32 Å². The third-order valence-corrected chi connectivity index (χ3v) is 5.49. The molecule has 0 heterocycles. The first kappa shape index (κ1) is 16.3. The number of carbonyl (C=O) groups is 2. The van der Waals surface area contributed by atoms with Crippen LogP contribution >= 0.6 is 0 Å². The number of carboxylic acids is 1. The molecule has 2 aliphatic rings. The highest BCUT2D eigenvalue weighted by Crippen LogP contribution is 2.51. The van der Waals surface area contributed by atoms with E-state index in [4.69, 9.17) is 4.74 Å². The molecule has 0 saturated heterocycles. The average molecular weight is 297 g/mol. The van der Waals surface area contributed by atoms with Crippen molar-refractivity contribution in [3.63, 3.8) is 0 Å². The molecule has 2 aliphatic carbocycles. The van der Waals surface area contributed by atoms with Gasteiger partial charge in [-0.2, -0.15) is 0 Å². The quantitative estimate of drug-likeness (QED) is 0.756. The Hall–Kier alpha value is -1.10. The summed E-state index contributed by atoms with van der Waals surface area (Å²) in [5.41, 5.74) is -1.79. The van der Waals surface area contributed by atoms with E-state index in [9.17, 15) is 14.7 Å². The van der Waals surface area contributed by atoms with Crippen LogP contribution in [0.3, 0.4) is 0 Å². The van der Waals surface area contributed by atoms with Gasteiger partial charge in [0, 0.05) is 24.9 Å². The number of hydrogen-bond acceptors (Lipinski definition) is 3. The Morgan fingerprint density at radius 1 is 1.33 bits per heavy atom. The van der Waals surface area contributed by atoms with Crippen LogP contribution in [0.25, 0.3) is 0 Å². The van der Waals surface area contributed by atoms with Gasteiger partial charge in [-0.05, 0) is 19.3 Å². The van der Waals surface area contributed by atoms with E-state index in [0.29, 0.717) is 25.4 Å². The van der Waals surface area contributed by atoms with Gasteiger partial charge in [-0.3, -0.25) is 4.79 Å². The van der Waals surface area contributed by atoms with Gasteiger partial charge in [0.1, 0.15) is 5.54 Å². The van der Waals surface area contributed by atoms with Crippen LogP contribution in [0.15, 0.2) is 0 Å². The molecule has 0 bridgehead atoms. The van der Waals surface area contributed by atoms with Gasteiger partial charge in [0.25, 0.3) is 0 Å². The normalized spacial score (nSPS) is 31.1. The van der Waals surface area contributed by atoms with Crippen LogP contribution in [-0.2, 0) is 14.3 Å². The summed E-state index contributed by atoms with van der Waals surface area (Å²) in [5, 5.41) is 12.4. The number of aliphatic carboxylic acids is 1. The second-order valence-corrected chi connectivity index (χ2v) is 6.96. The minimum absolute atomic E-state index is 0.120. The summed E-state index contributed by atoms with van der Waals surface area (Å²) in [6, 6.07) is 0. The number of hydrogen-bond donors (Lipinski definition) is 2. The molecule has 2 rings (SSSR count). The smallest absolute Gasteiger partial charge is 0.330 e. The Balaban J connectivity index is 1.96. The summed E-state index contributed by atoms with van der Waals surface area (Å²) in [6.45, 7) is 6.17. The van der Waals surface area contributed by atoms with Crippen molar-refractivity contribution < 1.29 is 19.4 Å². The third-order valence-electron chi connectivity index (χ3n) is 5.49. The molecule has 2 unspecified atom stereocenters. The lowest BCUT2D eigenvalue weighted by molar-refractivity contribution is -0.194. The van der Waals surface area contributed by atoms with Crippen molar-refractivity contribution in [2.45, 2.75) is 70.9 Å². The van der Waals surface area contributed by atoms with Gasteiger partial charge in [-0.1, -0.05) is 33.1 Å². The lowest BCUT2D eigenvalue weighted by Crippen LogP contribution is -2.76. The summed E-state index contributed by atoms with van der Waals surface area (Å²) in [5.74, 6) is -0.449. The molecule has 0 spiro atoms. The summed E-state index contributed by atoms with van der Waals surface area (Å²) in [4.78, 5) is 23.9. The number of carboxylic acid groups (broad SMARTS) is 1. The maximum Gasteiger partial charge on any atom is 0.330 e. The summed E-state index contributed by atoms with van der Waals surface area (Å²) < 4.78 is 5.59. The molecule has 2 N–H and O–H groups in total. The third kappa shape index (κ3) is 2.80. The standard InChI is InChI=1S/C16H27NO4/c1-4-21-12-10-16(14(19)20,15(12,2)3)17-13(18)9-8-11-6-5-7-11/h11-12H,4-10H2,1-3H3,(H,17,18)(H,19,20). The van der Waals surface area contributed by atoms with Gasteiger partial charge in [0.15, 0.2) is 0 Å². The van der Waals surface area contributed by atoms with Crippen molar-refractivity contribution >= 4 is 11.9 Å². The minimum Gasteiger partial charge on any atom is -0.479 e. The number of rotatable bonds is 7. The first-order valence-electron chi connectivity index (χ1n) is 7.99. The summed E-state index contributed by atoms with van der Waals surface area (Å²) in [7, 11) is 0. The molecule has 21 heavy (non-hydrogen) atoms. The van der Waals surface area contributed by atoms with Crippen LogP contribution in [-0.4, -0.2) is 35.2 Å². The number of nitrogens with one attached hydrogen (secondary N) is 1. The van der Waals surface area contributed by atoms with Gasteiger partial charge in [-0.25, -0.2) is 4.79 Å². The lowest BCUT2D eigenvalue weighted by Gasteiger charge is -2.58. The maximum atomic E-state index is 12.1. The Bertz CT molecular complexity index is 417. The molecule has 0 aromatic carbocycles. The topological polar surface area (TPSA) is 75.6 Å². The van der Waals surface area contributed by atoms with Crippen LogP contribution < -0.4 is 5.32 Å². The van der Waals surface area contributed by atoms with Crippen molar-refractivity contribution in [1.82, 2.24) is 5.32 Å². The maximum absolute atomic E-state index is 12.1. The molecule has 2 atom stereocenters.